The highest BCUT2D eigenvalue weighted by molar-refractivity contribution is 7.10. The first-order chi connectivity index (χ1) is 9.72. The van der Waals surface area contributed by atoms with Crippen LogP contribution in [0.25, 0.3) is 6.08 Å². The first-order valence-electron chi connectivity index (χ1n) is 5.97. The molecule has 2 rings (SSSR count). The normalized spacial score (nSPS) is 10.5. The maximum atomic E-state index is 11.9. The van der Waals surface area contributed by atoms with Crippen LogP contribution in [0.2, 0.25) is 0 Å². The van der Waals surface area contributed by atoms with Crippen LogP contribution in [-0.2, 0) is 4.79 Å². The minimum Gasteiger partial charge on any atom is -0.497 e. The van der Waals surface area contributed by atoms with E-state index in [1.807, 2.05) is 17.5 Å². The summed E-state index contributed by atoms with van der Waals surface area (Å²) in [7, 11) is 3.13. The van der Waals surface area contributed by atoms with Crippen molar-refractivity contribution in [2.24, 2.45) is 0 Å². The second-order valence-corrected chi connectivity index (χ2v) is 4.88. The molecular weight excluding hydrogens is 274 g/mol. The van der Waals surface area contributed by atoms with Crippen molar-refractivity contribution < 1.29 is 14.3 Å². The number of amides is 1. The standard InChI is InChI=1S/C15H15NO3S/c1-18-11-5-7-13(14(10-11)19-2)16-15(17)8-6-12-4-3-9-20-12/h3-10H,1-2H3,(H,16,17)/b8-6+. The van der Waals surface area contributed by atoms with Gasteiger partial charge in [0.25, 0.3) is 0 Å². The zero-order valence-corrected chi connectivity index (χ0v) is 12.1. The first-order valence-corrected chi connectivity index (χ1v) is 6.85. The Morgan fingerprint density at radius 3 is 2.75 bits per heavy atom. The van der Waals surface area contributed by atoms with Gasteiger partial charge in [0.15, 0.2) is 0 Å². The molecule has 5 heteroatoms. The fraction of sp³-hybridized carbons (Fsp3) is 0.133. The molecule has 0 aliphatic rings. The highest BCUT2D eigenvalue weighted by Gasteiger charge is 2.06. The molecule has 4 nitrogen and oxygen atoms in total. The molecule has 0 radical (unpaired) electrons. The predicted molar refractivity (Wildman–Crippen MR) is 81.5 cm³/mol. The van der Waals surface area contributed by atoms with Crippen molar-refractivity contribution in [2.45, 2.75) is 0 Å². The predicted octanol–water partition coefficient (Wildman–Crippen LogP) is 3.42. The Morgan fingerprint density at radius 2 is 2.10 bits per heavy atom. The molecule has 0 unspecified atom stereocenters. The number of nitrogens with one attached hydrogen (secondary N) is 1. The second-order valence-electron chi connectivity index (χ2n) is 3.90. The number of ether oxygens (including phenoxy) is 2. The maximum absolute atomic E-state index is 11.9. The SMILES string of the molecule is COc1ccc(NC(=O)/C=C/c2cccs2)c(OC)c1. The van der Waals surface area contributed by atoms with Gasteiger partial charge in [-0.2, -0.15) is 0 Å². The zero-order chi connectivity index (χ0) is 14.4. The number of carbonyl (C=O) groups is 1. The monoisotopic (exact) mass is 289 g/mol. The van der Waals surface area contributed by atoms with Crippen LogP contribution in [-0.4, -0.2) is 20.1 Å². The number of methoxy groups -OCH3 is 2. The Balaban J connectivity index is 2.07. The van der Waals surface area contributed by atoms with E-state index < -0.39 is 0 Å². The van der Waals surface area contributed by atoms with E-state index in [-0.39, 0.29) is 5.91 Å². The van der Waals surface area contributed by atoms with Gasteiger partial charge in [-0.15, -0.1) is 11.3 Å². The fourth-order valence-corrected chi connectivity index (χ4v) is 2.24. The Morgan fingerprint density at radius 1 is 1.25 bits per heavy atom. The molecule has 1 amide bonds. The number of thiophene rings is 1. The van der Waals surface area contributed by atoms with E-state index >= 15 is 0 Å². The summed E-state index contributed by atoms with van der Waals surface area (Å²) in [6.07, 6.45) is 3.27. The molecule has 1 aromatic heterocycles. The summed E-state index contributed by atoms with van der Waals surface area (Å²) >= 11 is 1.58. The van der Waals surface area contributed by atoms with Crippen LogP contribution in [0.3, 0.4) is 0 Å². The lowest BCUT2D eigenvalue weighted by Gasteiger charge is -2.10. The quantitative estimate of drug-likeness (QED) is 0.858. The second kappa shape index (κ2) is 6.77. The van der Waals surface area contributed by atoms with E-state index in [9.17, 15) is 4.79 Å². The Bertz CT molecular complexity index is 606. The van der Waals surface area contributed by atoms with Gasteiger partial charge in [-0.05, 0) is 29.7 Å². The number of hydrogen-bond acceptors (Lipinski definition) is 4. The van der Waals surface area contributed by atoms with E-state index in [2.05, 4.69) is 5.32 Å². The molecule has 0 spiro atoms. The molecule has 2 aromatic rings. The first kappa shape index (κ1) is 14.1. The molecule has 1 N–H and O–H groups in total. The summed E-state index contributed by atoms with van der Waals surface area (Å²) in [5.74, 6) is 1.03. The number of benzene rings is 1. The van der Waals surface area contributed by atoms with Crippen molar-refractivity contribution in [3.8, 4) is 11.5 Å². The summed E-state index contributed by atoms with van der Waals surface area (Å²) in [6, 6.07) is 9.12. The van der Waals surface area contributed by atoms with Crippen LogP contribution in [0.5, 0.6) is 11.5 Å². The molecule has 0 aliphatic heterocycles. The van der Waals surface area contributed by atoms with Crippen LogP contribution < -0.4 is 14.8 Å². The molecule has 0 atom stereocenters. The zero-order valence-electron chi connectivity index (χ0n) is 11.3. The summed E-state index contributed by atoms with van der Waals surface area (Å²) < 4.78 is 10.3. The molecule has 0 aliphatic carbocycles. The van der Waals surface area contributed by atoms with Gasteiger partial charge in [0.2, 0.25) is 5.91 Å². The topological polar surface area (TPSA) is 47.6 Å². The summed E-state index contributed by atoms with van der Waals surface area (Å²) in [5.41, 5.74) is 0.606. The van der Waals surface area contributed by atoms with E-state index in [1.54, 1.807) is 49.8 Å². The minimum atomic E-state index is -0.207. The Kier molecular flexibility index (Phi) is 4.79. The lowest BCUT2D eigenvalue weighted by atomic mass is 10.2. The third-order valence-electron chi connectivity index (χ3n) is 2.61. The van der Waals surface area contributed by atoms with E-state index in [1.165, 1.54) is 6.08 Å². The van der Waals surface area contributed by atoms with Crippen molar-refractivity contribution >= 4 is 29.0 Å². The van der Waals surface area contributed by atoms with Gasteiger partial charge in [-0.1, -0.05) is 6.07 Å². The van der Waals surface area contributed by atoms with Gasteiger partial charge < -0.3 is 14.8 Å². The molecule has 0 bridgehead atoms. The Labute approximate surface area is 121 Å². The molecule has 0 saturated carbocycles. The van der Waals surface area contributed by atoms with Crippen LogP contribution in [0.15, 0.2) is 41.8 Å². The van der Waals surface area contributed by atoms with Crippen LogP contribution >= 0.6 is 11.3 Å². The maximum Gasteiger partial charge on any atom is 0.248 e. The molecule has 0 fully saturated rings. The average molecular weight is 289 g/mol. The van der Waals surface area contributed by atoms with Crippen molar-refractivity contribution in [1.29, 1.82) is 0 Å². The van der Waals surface area contributed by atoms with Crippen LogP contribution in [0, 0.1) is 0 Å². The molecular formula is C15H15NO3S. The van der Waals surface area contributed by atoms with Crippen molar-refractivity contribution in [2.75, 3.05) is 19.5 Å². The third kappa shape index (κ3) is 3.61. The molecule has 0 saturated heterocycles. The molecule has 104 valence electrons. The van der Waals surface area contributed by atoms with Gasteiger partial charge in [-0.25, -0.2) is 0 Å². The number of carbonyl (C=O) groups excluding carboxylic acids is 1. The third-order valence-corrected chi connectivity index (χ3v) is 3.45. The van der Waals surface area contributed by atoms with Crippen molar-refractivity contribution in [3.63, 3.8) is 0 Å². The number of rotatable bonds is 5. The van der Waals surface area contributed by atoms with E-state index in [0.29, 0.717) is 17.2 Å². The van der Waals surface area contributed by atoms with Gasteiger partial charge in [0.1, 0.15) is 11.5 Å². The molecule has 20 heavy (non-hydrogen) atoms. The lowest BCUT2D eigenvalue weighted by Crippen LogP contribution is -2.08. The summed E-state index contributed by atoms with van der Waals surface area (Å²) in [6.45, 7) is 0. The largest absolute Gasteiger partial charge is 0.497 e. The highest BCUT2D eigenvalue weighted by atomic mass is 32.1. The van der Waals surface area contributed by atoms with Gasteiger partial charge in [0.05, 0.1) is 19.9 Å². The molecule has 1 heterocycles. The fourth-order valence-electron chi connectivity index (χ4n) is 1.62. The summed E-state index contributed by atoms with van der Waals surface area (Å²) in [5, 5.41) is 4.74. The average Bonchev–Trinajstić information content (AvgIpc) is 2.99. The van der Waals surface area contributed by atoms with Crippen molar-refractivity contribution in [3.05, 3.63) is 46.7 Å². The van der Waals surface area contributed by atoms with Crippen LogP contribution in [0.4, 0.5) is 5.69 Å². The van der Waals surface area contributed by atoms with Gasteiger partial charge in [-0.3, -0.25) is 4.79 Å². The molecule has 1 aromatic carbocycles. The lowest BCUT2D eigenvalue weighted by molar-refractivity contribution is -0.111. The number of anilines is 1. The highest BCUT2D eigenvalue weighted by Crippen LogP contribution is 2.29. The van der Waals surface area contributed by atoms with Crippen LogP contribution in [0.1, 0.15) is 4.88 Å². The van der Waals surface area contributed by atoms with E-state index in [0.717, 1.165) is 4.88 Å². The minimum absolute atomic E-state index is 0.207. The van der Waals surface area contributed by atoms with Gasteiger partial charge >= 0.3 is 0 Å². The summed E-state index contributed by atoms with van der Waals surface area (Å²) in [4.78, 5) is 12.9. The van der Waals surface area contributed by atoms with Gasteiger partial charge in [0, 0.05) is 17.0 Å². The Hall–Kier alpha value is -2.27. The van der Waals surface area contributed by atoms with Crippen molar-refractivity contribution in [1.82, 2.24) is 0 Å². The smallest absolute Gasteiger partial charge is 0.248 e. The van der Waals surface area contributed by atoms with E-state index in [4.69, 9.17) is 9.47 Å². The number of hydrogen-bond donors (Lipinski definition) is 1.